The molecule has 0 bridgehead atoms. The summed E-state index contributed by atoms with van der Waals surface area (Å²) < 4.78 is 16.7. The van der Waals surface area contributed by atoms with Gasteiger partial charge in [-0.05, 0) is 57.2 Å². The molecule has 0 saturated heterocycles. The lowest BCUT2D eigenvalue weighted by Gasteiger charge is -2.18. The van der Waals surface area contributed by atoms with E-state index in [0.717, 1.165) is 22.3 Å². The summed E-state index contributed by atoms with van der Waals surface area (Å²) in [6, 6.07) is 11.5. The number of anilines is 1. The smallest absolute Gasteiger partial charge is 0.161 e. The standard InChI is InChI=1S/C22H24FN7O/c1-13-11-17(22(2,3)31)30(27-13)19-12-18(24)26-21-16(9-10-25-19)20(29(4)28-21)14-5-7-15(23)8-6-14/h5-12,31H,24H2,1-4H3,(H,26,28). The second kappa shape index (κ2) is 7.51. The van der Waals surface area contributed by atoms with Crippen LogP contribution in [-0.2, 0) is 12.6 Å². The molecule has 8 nitrogen and oxygen atoms in total. The van der Waals surface area contributed by atoms with E-state index in [0.29, 0.717) is 23.0 Å². The van der Waals surface area contributed by atoms with Crippen LogP contribution in [0.25, 0.3) is 28.1 Å². The normalized spacial score (nSPS) is 11.7. The Morgan fingerprint density at radius 1 is 1.10 bits per heavy atom. The molecule has 0 spiro atoms. The highest BCUT2D eigenvalue weighted by Gasteiger charge is 2.23. The van der Waals surface area contributed by atoms with Crippen LogP contribution in [-0.4, -0.2) is 34.6 Å². The number of hydrogen-bond donors (Lipinski definition) is 3. The molecule has 0 aliphatic carbocycles. The van der Waals surface area contributed by atoms with Crippen LogP contribution in [0.4, 0.5) is 10.2 Å². The van der Waals surface area contributed by atoms with Crippen LogP contribution < -0.4 is 5.73 Å². The molecular weight excluding hydrogens is 397 g/mol. The predicted octanol–water partition coefficient (Wildman–Crippen LogP) is 3.53. The van der Waals surface area contributed by atoms with Crippen molar-refractivity contribution in [3.05, 3.63) is 65.9 Å². The van der Waals surface area contributed by atoms with Crippen LogP contribution in [0.2, 0.25) is 0 Å². The first-order chi connectivity index (χ1) is 14.6. The van der Waals surface area contributed by atoms with Crippen molar-refractivity contribution >= 4 is 16.9 Å². The van der Waals surface area contributed by atoms with Gasteiger partial charge in [0.15, 0.2) is 11.5 Å². The van der Waals surface area contributed by atoms with Crippen molar-refractivity contribution in [3.63, 3.8) is 0 Å². The highest BCUT2D eigenvalue weighted by molar-refractivity contribution is 5.90. The first-order valence-corrected chi connectivity index (χ1v) is 9.75. The summed E-state index contributed by atoms with van der Waals surface area (Å²) >= 11 is 0. The van der Waals surface area contributed by atoms with Gasteiger partial charge in [-0.15, -0.1) is 0 Å². The number of aliphatic hydroxyl groups is 1. The van der Waals surface area contributed by atoms with E-state index in [4.69, 9.17) is 5.73 Å². The van der Waals surface area contributed by atoms with Gasteiger partial charge in [0.25, 0.3) is 0 Å². The highest BCUT2D eigenvalue weighted by Crippen LogP contribution is 2.27. The molecule has 3 heterocycles. The second-order valence-electron chi connectivity index (χ2n) is 7.91. The first-order valence-electron chi connectivity index (χ1n) is 9.75. The fraction of sp³-hybridized carbons (Fsp3) is 0.227. The average molecular weight is 421 g/mol. The van der Waals surface area contributed by atoms with Gasteiger partial charge in [-0.1, -0.05) is 0 Å². The van der Waals surface area contributed by atoms with Gasteiger partial charge in [0.05, 0.1) is 17.1 Å². The van der Waals surface area contributed by atoms with Gasteiger partial charge in [0.2, 0.25) is 0 Å². The Kier molecular flexibility index (Phi) is 4.98. The number of H-pyrrole nitrogens is 1. The molecule has 4 aromatic rings. The summed E-state index contributed by atoms with van der Waals surface area (Å²) in [5, 5.41) is 20.3. The second-order valence-corrected chi connectivity index (χ2v) is 7.91. The minimum absolute atomic E-state index is 0.308. The summed E-state index contributed by atoms with van der Waals surface area (Å²) in [7, 11) is 1.81. The summed E-state index contributed by atoms with van der Waals surface area (Å²) in [6.45, 7) is 5.22. The molecule has 0 amide bonds. The van der Waals surface area contributed by atoms with E-state index in [-0.39, 0.29) is 5.82 Å². The van der Waals surface area contributed by atoms with Crippen molar-refractivity contribution in [3.8, 4) is 17.1 Å². The van der Waals surface area contributed by atoms with E-state index in [1.807, 2.05) is 14.0 Å². The monoisotopic (exact) mass is 421 g/mol. The zero-order valence-electron chi connectivity index (χ0n) is 17.8. The minimum Gasteiger partial charge on any atom is -0.385 e. The summed E-state index contributed by atoms with van der Waals surface area (Å²) in [6.07, 6.45) is 1.63. The summed E-state index contributed by atoms with van der Waals surface area (Å²) in [5.74, 6) is 0.435. The predicted molar refractivity (Wildman–Crippen MR) is 117 cm³/mol. The third kappa shape index (κ3) is 3.99. The third-order valence-corrected chi connectivity index (χ3v) is 4.87. The number of hydrogen-bond acceptors (Lipinski definition) is 5. The molecule has 4 N–H and O–H groups in total. The number of nitrogens with zero attached hydrogens (tertiary/aromatic N) is 5. The quantitative estimate of drug-likeness (QED) is 0.469. The van der Waals surface area contributed by atoms with Crippen molar-refractivity contribution in [2.75, 3.05) is 5.73 Å². The molecule has 160 valence electrons. The van der Waals surface area contributed by atoms with Crippen LogP contribution in [0.15, 0.2) is 48.7 Å². The van der Waals surface area contributed by atoms with Gasteiger partial charge in [-0.3, -0.25) is 4.68 Å². The molecule has 1 aromatic carbocycles. The Balaban J connectivity index is 1.95. The van der Waals surface area contributed by atoms with Crippen LogP contribution in [0.1, 0.15) is 25.2 Å². The molecule has 0 unspecified atom stereocenters. The summed E-state index contributed by atoms with van der Waals surface area (Å²) in [4.78, 5) is 7.65. The average Bonchev–Trinajstić information content (AvgIpc) is 3.23. The van der Waals surface area contributed by atoms with Crippen molar-refractivity contribution in [1.29, 1.82) is 0 Å². The zero-order valence-corrected chi connectivity index (χ0v) is 17.8. The number of nitrogens with two attached hydrogens (primary N) is 1. The number of aromatic nitrogens is 6. The van der Waals surface area contributed by atoms with Gasteiger partial charge >= 0.3 is 0 Å². The molecule has 0 fully saturated rings. The van der Waals surface area contributed by atoms with Gasteiger partial charge < -0.3 is 15.8 Å². The summed E-state index contributed by atoms with van der Waals surface area (Å²) in [5.41, 5.74) is 8.59. The Labute approximate surface area is 178 Å². The number of benzene rings is 1. The lowest BCUT2D eigenvalue weighted by molar-refractivity contribution is 0.0710. The maximum Gasteiger partial charge on any atom is 0.161 e. The number of fused-ring (bicyclic) bond motifs is 1. The molecule has 4 rings (SSSR count). The van der Waals surface area contributed by atoms with E-state index in [2.05, 4.69) is 20.2 Å². The van der Waals surface area contributed by atoms with Crippen molar-refractivity contribution in [1.82, 2.24) is 29.5 Å². The van der Waals surface area contributed by atoms with E-state index >= 15 is 0 Å². The number of aromatic amines is 1. The SMILES string of the molecule is Cc1cc(C(C)(C)O)n(-c2cc(N)[nH]c3nn(C)c(-c4ccc(F)cc4)c3ccn2)n1. The number of halogens is 1. The number of nitrogen functional groups attached to an aromatic ring is 1. The van der Waals surface area contributed by atoms with Crippen LogP contribution >= 0.6 is 0 Å². The van der Waals surface area contributed by atoms with Crippen LogP contribution in [0.5, 0.6) is 0 Å². The molecule has 9 heteroatoms. The third-order valence-electron chi connectivity index (χ3n) is 4.87. The van der Waals surface area contributed by atoms with Gasteiger partial charge in [0.1, 0.15) is 17.2 Å². The molecule has 0 aliphatic rings. The maximum atomic E-state index is 13.4. The Morgan fingerprint density at radius 2 is 1.81 bits per heavy atom. The van der Waals surface area contributed by atoms with Gasteiger partial charge in [0, 0.05) is 30.3 Å². The van der Waals surface area contributed by atoms with Crippen molar-refractivity contribution in [2.24, 2.45) is 7.05 Å². The highest BCUT2D eigenvalue weighted by atomic mass is 19.1. The Hall–Kier alpha value is -3.72. The molecule has 0 saturated carbocycles. The van der Waals surface area contributed by atoms with E-state index in [9.17, 15) is 9.50 Å². The largest absolute Gasteiger partial charge is 0.385 e. The fourth-order valence-corrected chi connectivity index (χ4v) is 3.50. The number of aryl methyl sites for hydroxylation is 2. The van der Waals surface area contributed by atoms with Gasteiger partial charge in [-0.25, -0.2) is 14.1 Å². The molecule has 0 aliphatic heterocycles. The number of rotatable bonds is 3. The topological polar surface area (TPSA) is 111 Å². The van der Waals surface area contributed by atoms with E-state index < -0.39 is 5.60 Å². The molecular formula is C22H24FN7O. The van der Waals surface area contributed by atoms with Crippen LogP contribution in [0.3, 0.4) is 0 Å². The Bertz CT molecular complexity index is 1310. The fourth-order valence-electron chi connectivity index (χ4n) is 3.50. The van der Waals surface area contributed by atoms with Crippen molar-refractivity contribution in [2.45, 2.75) is 26.4 Å². The van der Waals surface area contributed by atoms with E-state index in [1.165, 1.54) is 12.1 Å². The zero-order chi connectivity index (χ0) is 22.3. The van der Waals surface area contributed by atoms with E-state index in [1.54, 1.807) is 59.7 Å². The molecule has 0 atom stereocenters. The first kappa shape index (κ1) is 20.5. The molecule has 31 heavy (non-hydrogen) atoms. The maximum absolute atomic E-state index is 13.4. The van der Waals surface area contributed by atoms with Crippen LogP contribution in [0, 0.1) is 12.7 Å². The molecule has 3 aromatic heterocycles. The molecule has 0 radical (unpaired) electrons. The van der Waals surface area contributed by atoms with Gasteiger partial charge in [-0.2, -0.15) is 10.2 Å². The minimum atomic E-state index is -1.12. The van der Waals surface area contributed by atoms with Crippen molar-refractivity contribution < 1.29 is 9.50 Å². The Morgan fingerprint density at radius 3 is 2.48 bits per heavy atom. The lowest BCUT2D eigenvalue weighted by Crippen LogP contribution is -2.21. The lowest BCUT2D eigenvalue weighted by atomic mass is 10.1. The number of nitrogens with one attached hydrogen (secondary N) is 1.